The van der Waals surface area contributed by atoms with E-state index in [1.54, 1.807) is 19.2 Å². The average molecular weight is 205 g/mol. The first-order valence-corrected chi connectivity index (χ1v) is 4.72. The molecule has 0 fully saturated rings. The highest BCUT2D eigenvalue weighted by Crippen LogP contribution is 2.09. The summed E-state index contributed by atoms with van der Waals surface area (Å²) in [6.07, 6.45) is -0.371. The van der Waals surface area contributed by atoms with E-state index >= 15 is 0 Å². The SMILES string of the molecule is C=C(C)CN(C)C(=O)Oc1ccccc1. The Morgan fingerprint density at radius 3 is 2.53 bits per heavy atom. The Kier molecular flexibility index (Phi) is 3.92. The Morgan fingerprint density at radius 1 is 1.40 bits per heavy atom. The van der Waals surface area contributed by atoms with Gasteiger partial charge in [0.15, 0.2) is 0 Å². The second-order valence-electron chi connectivity index (χ2n) is 3.49. The quantitative estimate of drug-likeness (QED) is 0.710. The maximum Gasteiger partial charge on any atom is 0.415 e. The zero-order valence-corrected chi connectivity index (χ0v) is 9.06. The number of benzene rings is 1. The Hall–Kier alpha value is -1.77. The van der Waals surface area contributed by atoms with Gasteiger partial charge in [-0.2, -0.15) is 0 Å². The standard InChI is InChI=1S/C12H15NO2/c1-10(2)9-13(3)12(14)15-11-7-5-4-6-8-11/h4-8H,1,9H2,2-3H3. The zero-order chi connectivity index (χ0) is 11.3. The molecule has 0 heterocycles. The molecule has 0 atom stereocenters. The van der Waals surface area contributed by atoms with Crippen molar-refractivity contribution in [3.63, 3.8) is 0 Å². The predicted molar refractivity (Wildman–Crippen MR) is 59.9 cm³/mol. The molecule has 0 bridgehead atoms. The van der Waals surface area contributed by atoms with E-state index in [2.05, 4.69) is 6.58 Å². The van der Waals surface area contributed by atoms with Crippen LogP contribution in [0.4, 0.5) is 4.79 Å². The summed E-state index contributed by atoms with van der Waals surface area (Å²) in [6, 6.07) is 9.00. The van der Waals surface area contributed by atoms with Crippen molar-refractivity contribution in [3.8, 4) is 5.75 Å². The molecule has 15 heavy (non-hydrogen) atoms. The van der Waals surface area contributed by atoms with E-state index in [1.807, 2.05) is 25.1 Å². The van der Waals surface area contributed by atoms with Gasteiger partial charge in [0.1, 0.15) is 5.75 Å². The Bertz CT molecular complexity index is 346. The summed E-state index contributed by atoms with van der Waals surface area (Å²) in [5, 5.41) is 0. The monoisotopic (exact) mass is 205 g/mol. The summed E-state index contributed by atoms with van der Waals surface area (Å²) in [5.74, 6) is 0.552. The summed E-state index contributed by atoms with van der Waals surface area (Å²) in [6.45, 7) is 6.11. The highest BCUT2D eigenvalue weighted by Gasteiger charge is 2.10. The fourth-order valence-electron chi connectivity index (χ4n) is 1.14. The van der Waals surface area contributed by atoms with Crippen molar-refractivity contribution in [1.82, 2.24) is 4.90 Å². The van der Waals surface area contributed by atoms with Gasteiger partial charge in [0.25, 0.3) is 0 Å². The molecule has 1 amide bonds. The van der Waals surface area contributed by atoms with Crippen molar-refractivity contribution in [2.45, 2.75) is 6.92 Å². The van der Waals surface area contributed by atoms with Crippen LogP contribution in [0, 0.1) is 0 Å². The van der Waals surface area contributed by atoms with Crippen LogP contribution in [-0.4, -0.2) is 24.6 Å². The minimum absolute atomic E-state index is 0.371. The third-order valence-electron chi connectivity index (χ3n) is 1.77. The second kappa shape index (κ2) is 5.20. The van der Waals surface area contributed by atoms with Crippen molar-refractivity contribution in [2.75, 3.05) is 13.6 Å². The van der Waals surface area contributed by atoms with Gasteiger partial charge in [-0.3, -0.25) is 0 Å². The van der Waals surface area contributed by atoms with E-state index in [9.17, 15) is 4.79 Å². The second-order valence-corrected chi connectivity index (χ2v) is 3.49. The van der Waals surface area contributed by atoms with E-state index < -0.39 is 0 Å². The van der Waals surface area contributed by atoms with Crippen molar-refractivity contribution < 1.29 is 9.53 Å². The first kappa shape index (κ1) is 11.3. The molecular formula is C12H15NO2. The number of hydrogen-bond acceptors (Lipinski definition) is 2. The van der Waals surface area contributed by atoms with Crippen LogP contribution in [0.3, 0.4) is 0 Å². The molecule has 0 spiro atoms. The summed E-state index contributed by atoms with van der Waals surface area (Å²) in [5.41, 5.74) is 0.919. The molecule has 0 unspecified atom stereocenters. The molecule has 0 saturated carbocycles. The smallest absolute Gasteiger partial charge is 0.410 e. The fourth-order valence-corrected chi connectivity index (χ4v) is 1.14. The molecule has 0 saturated heterocycles. The molecule has 1 aromatic rings. The molecule has 0 radical (unpaired) electrons. The maximum atomic E-state index is 11.5. The van der Waals surface area contributed by atoms with Crippen LogP contribution in [0.25, 0.3) is 0 Å². The average Bonchev–Trinajstić information content (AvgIpc) is 2.18. The van der Waals surface area contributed by atoms with Gasteiger partial charge >= 0.3 is 6.09 Å². The van der Waals surface area contributed by atoms with Crippen LogP contribution in [0.15, 0.2) is 42.5 Å². The van der Waals surface area contributed by atoms with Crippen LogP contribution in [0.1, 0.15) is 6.92 Å². The number of para-hydroxylation sites is 1. The van der Waals surface area contributed by atoms with Crippen molar-refractivity contribution in [3.05, 3.63) is 42.5 Å². The van der Waals surface area contributed by atoms with Crippen molar-refractivity contribution >= 4 is 6.09 Å². The number of rotatable bonds is 3. The first-order chi connectivity index (χ1) is 7.09. The molecule has 80 valence electrons. The van der Waals surface area contributed by atoms with Gasteiger partial charge in [-0.25, -0.2) is 4.79 Å². The molecule has 0 aliphatic heterocycles. The molecule has 1 aromatic carbocycles. The predicted octanol–water partition coefficient (Wildman–Crippen LogP) is 2.69. The fraction of sp³-hybridized carbons (Fsp3) is 0.250. The lowest BCUT2D eigenvalue weighted by atomic mass is 10.3. The highest BCUT2D eigenvalue weighted by molar-refractivity contribution is 5.70. The lowest BCUT2D eigenvalue weighted by Gasteiger charge is -2.16. The molecule has 0 aliphatic rings. The number of amides is 1. The van der Waals surface area contributed by atoms with E-state index in [1.165, 1.54) is 4.90 Å². The van der Waals surface area contributed by atoms with E-state index in [-0.39, 0.29) is 6.09 Å². The number of likely N-dealkylation sites (N-methyl/N-ethyl adjacent to an activating group) is 1. The molecule has 0 N–H and O–H groups in total. The number of nitrogens with zero attached hydrogens (tertiary/aromatic N) is 1. The first-order valence-electron chi connectivity index (χ1n) is 4.72. The maximum absolute atomic E-state index is 11.5. The normalized spacial score (nSPS) is 9.47. The zero-order valence-electron chi connectivity index (χ0n) is 9.06. The van der Waals surface area contributed by atoms with Gasteiger partial charge in [-0.1, -0.05) is 30.4 Å². The number of carbonyl (C=O) groups excluding carboxylic acids is 1. The van der Waals surface area contributed by atoms with Crippen LogP contribution >= 0.6 is 0 Å². The van der Waals surface area contributed by atoms with Crippen LogP contribution in [-0.2, 0) is 0 Å². The van der Waals surface area contributed by atoms with Gasteiger partial charge < -0.3 is 9.64 Å². The Labute approximate surface area is 90.0 Å². The minimum atomic E-state index is -0.371. The van der Waals surface area contributed by atoms with Crippen LogP contribution in [0.2, 0.25) is 0 Å². The van der Waals surface area contributed by atoms with E-state index in [0.29, 0.717) is 12.3 Å². The third kappa shape index (κ3) is 3.85. The molecule has 0 aliphatic carbocycles. The van der Waals surface area contributed by atoms with Gasteiger partial charge in [-0.15, -0.1) is 0 Å². The molecule has 1 rings (SSSR count). The summed E-state index contributed by atoms with van der Waals surface area (Å²) >= 11 is 0. The van der Waals surface area contributed by atoms with Gasteiger partial charge in [-0.05, 0) is 19.1 Å². The number of carbonyl (C=O) groups is 1. The third-order valence-corrected chi connectivity index (χ3v) is 1.77. The van der Waals surface area contributed by atoms with Crippen molar-refractivity contribution in [1.29, 1.82) is 0 Å². The van der Waals surface area contributed by atoms with Gasteiger partial charge in [0.2, 0.25) is 0 Å². The van der Waals surface area contributed by atoms with Crippen LogP contribution < -0.4 is 4.74 Å². The topological polar surface area (TPSA) is 29.5 Å². The van der Waals surface area contributed by atoms with Gasteiger partial charge in [0, 0.05) is 13.6 Å². The minimum Gasteiger partial charge on any atom is -0.410 e. The number of hydrogen-bond donors (Lipinski definition) is 0. The Morgan fingerprint density at radius 2 is 2.00 bits per heavy atom. The summed E-state index contributed by atoms with van der Waals surface area (Å²) in [4.78, 5) is 13.0. The largest absolute Gasteiger partial charge is 0.415 e. The summed E-state index contributed by atoms with van der Waals surface area (Å²) in [7, 11) is 1.68. The van der Waals surface area contributed by atoms with Gasteiger partial charge in [0.05, 0.1) is 0 Å². The molecule has 3 nitrogen and oxygen atoms in total. The van der Waals surface area contributed by atoms with E-state index in [4.69, 9.17) is 4.74 Å². The molecule has 0 aromatic heterocycles. The highest BCUT2D eigenvalue weighted by atomic mass is 16.6. The van der Waals surface area contributed by atoms with E-state index in [0.717, 1.165) is 5.57 Å². The lowest BCUT2D eigenvalue weighted by Crippen LogP contribution is -2.30. The lowest BCUT2D eigenvalue weighted by molar-refractivity contribution is 0.166. The molecule has 3 heteroatoms. The Balaban J connectivity index is 2.52. The van der Waals surface area contributed by atoms with Crippen molar-refractivity contribution in [2.24, 2.45) is 0 Å². The summed E-state index contributed by atoms with van der Waals surface area (Å²) < 4.78 is 5.12. The van der Waals surface area contributed by atoms with Crippen LogP contribution in [0.5, 0.6) is 5.75 Å². The molecular weight excluding hydrogens is 190 g/mol. The number of ether oxygens (including phenoxy) is 1.